The molecule has 1 saturated heterocycles. The topological polar surface area (TPSA) is 44.5 Å². The van der Waals surface area contributed by atoms with E-state index in [1.54, 1.807) is 7.11 Å². The Morgan fingerprint density at radius 3 is 2.21 bits per heavy atom. The van der Waals surface area contributed by atoms with Gasteiger partial charge >= 0.3 is 0 Å². The minimum absolute atomic E-state index is 0.0260. The van der Waals surface area contributed by atoms with Crippen molar-refractivity contribution in [3.05, 3.63) is 28.3 Å². The van der Waals surface area contributed by atoms with E-state index in [2.05, 4.69) is 26.8 Å². The van der Waals surface area contributed by atoms with Crippen molar-refractivity contribution in [1.82, 2.24) is 0 Å². The number of hydrogen-bond acceptors (Lipinski definition) is 3. The van der Waals surface area contributed by atoms with Crippen molar-refractivity contribution in [3.8, 4) is 5.75 Å². The summed E-state index contributed by atoms with van der Waals surface area (Å²) in [5, 5.41) is 0. The fraction of sp³-hybridized carbons (Fsp3) is 0.625. The van der Waals surface area contributed by atoms with Gasteiger partial charge in [0.05, 0.1) is 25.7 Å². The zero-order valence-electron chi connectivity index (χ0n) is 12.3. The molecule has 1 aliphatic heterocycles. The Labute approximate surface area is 115 Å². The van der Waals surface area contributed by atoms with E-state index in [-0.39, 0.29) is 11.0 Å². The summed E-state index contributed by atoms with van der Waals surface area (Å²) in [7, 11) is 1.73. The standard InChI is InChI=1S/C16H23NO2/c1-10-7-13(18-4)11(2)12(3)14(10)15(8-19-9-15)16(17)5-6-16/h7H,5-6,8-9,17H2,1-4H3. The highest BCUT2D eigenvalue weighted by atomic mass is 16.5. The summed E-state index contributed by atoms with van der Waals surface area (Å²) in [5.41, 5.74) is 11.8. The van der Waals surface area contributed by atoms with Crippen molar-refractivity contribution in [2.75, 3.05) is 20.3 Å². The molecule has 1 saturated carbocycles. The van der Waals surface area contributed by atoms with Crippen LogP contribution in [0.4, 0.5) is 0 Å². The van der Waals surface area contributed by atoms with Gasteiger partial charge < -0.3 is 15.2 Å². The van der Waals surface area contributed by atoms with Crippen molar-refractivity contribution >= 4 is 0 Å². The second-order valence-corrected chi connectivity index (χ2v) is 6.25. The minimum Gasteiger partial charge on any atom is -0.496 e. The number of hydrogen-bond donors (Lipinski definition) is 1. The van der Waals surface area contributed by atoms with Gasteiger partial charge in [-0.15, -0.1) is 0 Å². The van der Waals surface area contributed by atoms with E-state index in [0.29, 0.717) is 0 Å². The summed E-state index contributed by atoms with van der Waals surface area (Å²) in [6.45, 7) is 8.00. The monoisotopic (exact) mass is 261 g/mol. The Morgan fingerprint density at radius 1 is 1.16 bits per heavy atom. The van der Waals surface area contributed by atoms with Gasteiger partial charge in [0.15, 0.2) is 0 Å². The van der Waals surface area contributed by atoms with Crippen LogP contribution in [0.3, 0.4) is 0 Å². The molecule has 2 fully saturated rings. The van der Waals surface area contributed by atoms with Gasteiger partial charge in [-0.2, -0.15) is 0 Å². The second kappa shape index (κ2) is 3.97. The van der Waals surface area contributed by atoms with E-state index in [0.717, 1.165) is 31.8 Å². The Bertz CT molecular complexity index is 528. The lowest BCUT2D eigenvalue weighted by molar-refractivity contribution is -0.0792. The first-order valence-electron chi connectivity index (χ1n) is 6.97. The van der Waals surface area contributed by atoms with Crippen LogP contribution < -0.4 is 10.5 Å². The fourth-order valence-electron chi connectivity index (χ4n) is 3.59. The number of ether oxygens (including phenoxy) is 2. The van der Waals surface area contributed by atoms with Crippen LogP contribution in [-0.2, 0) is 10.2 Å². The Balaban J connectivity index is 2.18. The van der Waals surface area contributed by atoms with E-state index in [4.69, 9.17) is 15.2 Å². The van der Waals surface area contributed by atoms with Crippen molar-refractivity contribution < 1.29 is 9.47 Å². The van der Waals surface area contributed by atoms with E-state index in [1.165, 1.54) is 22.3 Å². The van der Waals surface area contributed by atoms with Crippen LogP contribution >= 0.6 is 0 Å². The number of nitrogens with two attached hydrogens (primary N) is 1. The zero-order chi connectivity index (χ0) is 13.8. The quantitative estimate of drug-likeness (QED) is 0.908. The molecule has 1 heterocycles. The molecule has 0 radical (unpaired) electrons. The zero-order valence-corrected chi connectivity index (χ0v) is 12.3. The molecule has 0 unspecified atom stereocenters. The highest BCUT2D eigenvalue weighted by Gasteiger charge is 2.62. The maximum Gasteiger partial charge on any atom is 0.122 e. The van der Waals surface area contributed by atoms with Crippen molar-refractivity contribution in [3.63, 3.8) is 0 Å². The molecule has 2 N–H and O–H groups in total. The molecule has 19 heavy (non-hydrogen) atoms. The van der Waals surface area contributed by atoms with Crippen LogP contribution in [0.5, 0.6) is 5.75 Å². The third kappa shape index (κ3) is 1.58. The van der Waals surface area contributed by atoms with E-state index < -0.39 is 0 Å². The molecule has 0 aromatic heterocycles. The van der Waals surface area contributed by atoms with Gasteiger partial charge in [0.1, 0.15) is 5.75 Å². The molecule has 3 rings (SSSR count). The van der Waals surface area contributed by atoms with Crippen LogP contribution in [-0.4, -0.2) is 25.9 Å². The number of rotatable bonds is 3. The number of benzene rings is 1. The van der Waals surface area contributed by atoms with Gasteiger partial charge in [-0.05, 0) is 61.9 Å². The Morgan fingerprint density at radius 2 is 1.79 bits per heavy atom. The third-order valence-electron chi connectivity index (χ3n) is 5.19. The predicted molar refractivity (Wildman–Crippen MR) is 75.9 cm³/mol. The smallest absolute Gasteiger partial charge is 0.122 e. The summed E-state index contributed by atoms with van der Waals surface area (Å²) in [6, 6.07) is 2.14. The van der Waals surface area contributed by atoms with Crippen LogP contribution in [0.2, 0.25) is 0 Å². The highest BCUT2D eigenvalue weighted by Crippen LogP contribution is 2.55. The van der Waals surface area contributed by atoms with Gasteiger partial charge in [-0.1, -0.05) is 0 Å². The van der Waals surface area contributed by atoms with Gasteiger partial charge in [0.2, 0.25) is 0 Å². The molecular formula is C16H23NO2. The summed E-state index contributed by atoms with van der Waals surface area (Å²) < 4.78 is 11.0. The predicted octanol–water partition coefficient (Wildman–Crippen LogP) is 2.38. The fourth-order valence-corrected chi connectivity index (χ4v) is 3.59. The average molecular weight is 261 g/mol. The molecule has 3 nitrogen and oxygen atoms in total. The molecule has 104 valence electrons. The molecule has 3 heteroatoms. The SMILES string of the molecule is COc1cc(C)c(C2(C3(N)CC3)COC2)c(C)c1C. The third-order valence-corrected chi connectivity index (χ3v) is 5.19. The maximum absolute atomic E-state index is 6.57. The first-order valence-corrected chi connectivity index (χ1v) is 6.97. The first-order chi connectivity index (χ1) is 8.95. The van der Waals surface area contributed by atoms with E-state index in [9.17, 15) is 0 Å². The Hall–Kier alpha value is -1.06. The van der Waals surface area contributed by atoms with Gasteiger partial charge in [-0.3, -0.25) is 0 Å². The van der Waals surface area contributed by atoms with Crippen LogP contribution in [0.1, 0.15) is 35.1 Å². The van der Waals surface area contributed by atoms with Gasteiger partial charge in [-0.25, -0.2) is 0 Å². The summed E-state index contributed by atoms with van der Waals surface area (Å²) >= 11 is 0. The number of aryl methyl sites for hydroxylation is 1. The molecular weight excluding hydrogens is 238 g/mol. The normalized spacial score (nSPS) is 22.8. The average Bonchev–Trinajstić information content (AvgIpc) is 3.06. The minimum atomic E-state index is -0.0538. The molecule has 0 bridgehead atoms. The van der Waals surface area contributed by atoms with Crippen molar-refractivity contribution in [2.45, 2.75) is 44.6 Å². The van der Waals surface area contributed by atoms with E-state index >= 15 is 0 Å². The highest BCUT2D eigenvalue weighted by molar-refractivity contribution is 5.54. The molecule has 0 atom stereocenters. The van der Waals surface area contributed by atoms with Gasteiger partial charge in [0, 0.05) is 5.54 Å². The largest absolute Gasteiger partial charge is 0.496 e. The molecule has 0 spiro atoms. The maximum atomic E-state index is 6.57. The Kier molecular flexibility index (Phi) is 2.70. The van der Waals surface area contributed by atoms with Crippen LogP contribution in [0, 0.1) is 20.8 Å². The van der Waals surface area contributed by atoms with Gasteiger partial charge in [0.25, 0.3) is 0 Å². The first kappa shape index (κ1) is 12.9. The summed E-state index contributed by atoms with van der Waals surface area (Å²) in [4.78, 5) is 0. The lowest BCUT2D eigenvalue weighted by Crippen LogP contribution is -2.61. The number of methoxy groups -OCH3 is 1. The second-order valence-electron chi connectivity index (χ2n) is 6.25. The molecule has 2 aliphatic rings. The van der Waals surface area contributed by atoms with Crippen molar-refractivity contribution in [1.29, 1.82) is 0 Å². The molecule has 1 aromatic carbocycles. The molecule has 0 amide bonds. The van der Waals surface area contributed by atoms with E-state index in [1.807, 2.05) is 0 Å². The van der Waals surface area contributed by atoms with Crippen molar-refractivity contribution in [2.24, 2.45) is 5.73 Å². The lowest BCUT2D eigenvalue weighted by Gasteiger charge is -2.48. The summed E-state index contributed by atoms with van der Waals surface area (Å²) in [6.07, 6.45) is 2.22. The van der Waals surface area contributed by atoms with Crippen LogP contribution in [0.25, 0.3) is 0 Å². The molecule has 1 aliphatic carbocycles. The van der Waals surface area contributed by atoms with Crippen LogP contribution in [0.15, 0.2) is 6.07 Å². The lowest BCUT2D eigenvalue weighted by atomic mass is 9.67. The summed E-state index contributed by atoms with van der Waals surface area (Å²) in [5.74, 6) is 0.969. The molecule has 1 aromatic rings.